The zero-order valence-electron chi connectivity index (χ0n) is 18.9. The minimum absolute atomic E-state index is 0.121. The number of carbonyl (C=O) groups is 1. The van der Waals surface area contributed by atoms with Gasteiger partial charge < -0.3 is 21.1 Å². The van der Waals surface area contributed by atoms with E-state index in [0.29, 0.717) is 12.8 Å². The fraction of sp³-hybridized carbons (Fsp3) is 0.435. The van der Waals surface area contributed by atoms with Crippen LogP contribution in [-0.2, 0) is 10.0 Å². The number of phenols is 1. The SMILES string of the molecule is CCNC1C[C@H]2CC[C@@H](C1)N2S(=O)(=O)c1c(Cl)ccc(NC(=O)Nc2cccc(F)c2C)c1O. The van der Waals surface area contributed by atoms with Gasteiger partial charge in [0, 0.05) is 29.4 Å². The normalized spacial score (nSPS) is 22.5. The minimum Gasteiger partial charge on any atom is -0.504 e. The van der Waals surface area contributed by atoms with Gasteiger partial charge in [-0.3, -0.25) is 0 Å². The van der Waals surface area contributed by atoms with Crippen molar-refractivity contribution in [2.24, 2.45) is 0 Å². The third kappa shape index (κ3) is 4.59. The molecular weight excluding hydrogens is 483 g/mol. The van der Waals surface area contributed by atoms with E-state index in [1.807, 2.05) is 6.92 Å². The first-order valence-electron chi connectivity index (χ1n) is 11.2. The number of anilines is 2. The number of fused-ring (bicyclic) bond motifs is 2. The zero-order chi connectivity index (χ0) is 24.6. The molecule has 184 valence electrons. The Labute approximate surface area is 203 Å². The Morgan fingerprint density at radius 3 is 2.44 bits per heavy atom. The van der Waals surface area contributed by atoms with Gasteiger partial charge in [-0.1, -0.05) is 24.6 Å². The minimum atomic E-state index is -4.12. The molecule has 0 aliphatic carbocycles. The first-order chi connectivity index (χ1) is 16.1. The zero-order valence-corrected chi connectivity index (χ0v) is 20.5. The van der Waals surface area contributed by atoms with Crippen molar-refractivity contribution in [3.8, 4) is 5.75 Å². The molecule has 1 unspecified atom stereocenters. The fourth-order valence-electron chi connectivity index (χ4n) is 5.00. The number of hydrogen-bond donors (Lipinski definition) is 4. The second-order valence-electron chi connectivity index (χ2n) is 8.71. The van der Waals surface area contributed by atoms with Crippen LogP contribution in [0.15, 0.2) is 35.2 Å². The molecule has 2 saturated heterocycles. The Bertz CT molecular complexity index is 1200. The molecule has 3 atom stereocenters. The van der Waals surface area contributed by atoms with E-state index in [9.17, 15) is 22.7 Å². The van der Waals surface area contributed by atoms with Crippen molar-refractivity contribution in [1.29, 1.82) is 0 Å². The molecule has 0 saturated carbocycles. The summed E-state index contributed by atoms with van der Waals surface area (Å²) in [5.41, 5.74) is 0.376. The first-order valence-corrected chi connectivity index (χ1v) is 13.1. The molecule has 4 rings (SSSR count). The summed E-state index contributed by atoms with van der Waals surface area (Å²) < 4.78 is 42.5. The molecular formula is C23H28ClFN4O4S. The Hall–Kier alpha value is -2.40. The molecule has 4 N–H and O–H groups in total. The molecule has 2 amide bonds. The van der Waals surface area contributed by atoms with Crippen LogP contribution < -0.4 is 16.0 Å². The van der Waals surface area contributed by atoms with Gasteiger partial charge >= 0.3 is 6.03 Å². The van der Waals surface area contributed by atoms with E-state index in [4.69, 9.17) is 11.6 Å². The summed E-state index contributed by atoms with van der Waals surface area (Å²) in [6, 6.07) is 6.03. The molecule has 34 heavy (non-hydrogen) atoms. The van der Waals surface area contributed by atoms with Crippen LogP contribution in [0.3, 0.4) is 0 Å². The van der Waals surface area contributed by atoms with Gasteiger partial charge in [-0.25, -0.2) is 17.6 Å². The van der Waals surface area contributed by atoms with Gasteiger partial charge in [0.1, 0.15) is 10.7 Å². The van der Waals surface area contributed by atoms with Crippen LogP contribution in [0.2, 0.25) is 5.02 Å². The van der Waals surface area contributed by atoms with E-state index in [0.717, 1.165) is 19.4 Å². The van der Waals surface area contributed by atoms with Gasteiger partial charge in [-0.2, -0.15) is 4.31 Å². The lowest BCUT2D eigenvalue weighted by molar-refractivity contribution is 0.208. The molecule has 0 aromatic heterocycles. The van der Waals surface area contributed by atoms with Gasteiger partial charge in [0.05, 0.1) is 10.7 Å². The smallest absolute Gasteiger partial charge is 0.323 e. The van der Waals surface area contributed by atoms with Crippen LogP contribution in [0.1, 0.15) is 38.2 Å². The lowest BCUT2D eigenvalue weighted by Crippen LogP contribution is -2.51. The number of piperidine rings is 1. The average Bonchev–Trinajstić information content (AvgIpc) is 3.06. The summed E-state index contributed by atoms with van der Waals surface area (Å²) in [6.45, 7) is 4.35. The van der Waals surface area contributed by atoms with Crippen molar-refractivity contribution in [1.82, 2.24) is 9.62 Å². The lowest BCUT2D eigenvalue weighted by atomic mass is 10.00. The van der Waals surface area contributed by atoms with Crippen molar-refractivity contribution >= 4 is 39.0 Å². The third-order valence-corrected chi connectivity index (χ3v) is 9.05. The highest BCUT2D eigenvalue weighted by atomic mass is 35.5. The van der Waals surface area contributed by atoms with Crippen molar-refractivity contribution in [2.75, 3.05) is 17.2 Å². The Morgan fingerprint density at radius 1 is 1.15 bits per heavy atom. The van der Waals surface area contributed by atoms with E-state index >= 15 is 0 Å². The predicted molar refractivity (Wildman–Crippen MR) is 129 cm³/mol. The molecule has 2 heterocycles. The Balaban J connectivity index is 1.59. The summed E-state index contributed by atoms with van der Waals surface area (Å²) in [7, 11) is -4.12. The van der Waals surface area contributed by atoms with Crippen LogP contribution >= 0.6 is 11.6 Å². The highest BCUT2D eigenvalue weighted by Crippen LogP contribution is 2.45. The van der Waals surface area contributed by atoms with Gasteiger partial charge in [0.15, 0.2) is 5.75 Å². The fourth-order valence-corrected chi connectivity index (χ4v) is 7.49. The molecule has 2 aromatic rings. The topological polar surface area (TPSA) is 111 Å². The summed E-state index contributed by atoms with van der Waals surface area (Å²) >= 11 is 6.26. The third-order valence-electron chi connectivity index (χ3n) is 6.54. The molecule has 2 aliphatic heterocycles. The molecule has 0 spiro atoms. The number of carbonyl (C=O) groups excluding carboxylic acids is 1. The number of aromatic hydroxyl groups is 1. The van der Waals surface area contributed by atoms with E-state index < -0.39 is 32.5 Å². The molecule has 2 aliphatic rings. The highest BCUT2D eigenvalue weighted by Gasteiger charge is 2.48. The summed E-state index contributed by atoms with van der Waals surface area (Å²) in [5.74, 6) is -1.11. The van der Waals surface area contributed by atoms with Crippen LogP contribution in [0.5, 0.6) is 5.75 Å². The number of amides is 2. The van der Waals surface area contributed by atoms with Crippen molar-refractivity contribution in [3.05, 3.63) is 46.7 Å². The second-order valence-corrected chi connectivity index (χ2v) is 10.9. The van der Waals surface area contributed by atoms with Crippen LogP contribution in [-0.4, -0.2) is 48.5 Å². The van der Waals surface area contributed by atoms with Crippen LogP contribution in [0, 0.1) is 12.7 Å². The van der Waals surface area contributed by atoms with E-state index in [2.05, 4.69) is 16.0 Å². The number of hydrogen-bond acceptors (Lipinski definition) is 5. The van der Waals surface area contributed by atoms with E-state index in [-0.39, 0.29) is 40.1 Å². The predicted octanol–water partition coefficient (Wildman–Crippen LogP) is 4.43. The summed E-state index contributed by atoms with van der Waals surface area (Å²) in [5, 5.41) is 19.1. The van der Waals surface area contributed by atoms with E-state index in [1.165, 1.54) is 41.6 Å². The highest BCUT2D eigenvalue weighted by molar-refractivity contribution is 7.89. The number of nitrogens with zero attached hydrogens (tertiary/aromatic N) is 1. The average molecular weight is 511 g/mol. The number of benzene rings is 2. The molecule has 2 fully saturated rings. The number of urea groups is 1. The van der Waals surface area contributed by atoms with Gasteiger partial charge in [0.25, 0.3) is 0 Å². The standard InChI is InChI=1S/C23H28ClFN4O4S/c1-3-26-14-11-15-7-8-16(12-14)29(15)34(32,33)22-17(24)9-10-20(21(22)30)28-23(31)27-19-6-4-5-18(25)13(19)2/h4-6,9-10,14-16,26,30H,3,7-8,11-12H2,1-2H3,(H2,27,28,31)/t14?,15-,16+. The largest absolute Gasteiger partial charge is 0.504 e. The number of phenolic OH excluding ortho intramolecular Hbond substituents is 1. The summed E-state index contributed by atoms with van der Waals surface area (Å²) in [4.78, 5) is 12.1. The van der Waals surface area contributed by atoms with Crippen molar-refractivity contribution in [2.45, 2.75) is 62.6 Å². The van der Waals surface area contributed by atoms with Crippen LogP contribution in [0.25, 0.3) is 0 Å². The molecule has 8 nitrogen and oxygen atoms in total. The Kier molecular flexibility index (Phi) is 7.04. The Morgan fingerprint density at radius 2 is 1.79 bits per heavy atom. The van der Waals surface area contributed by atoms with Gasteiger partial charge in [-0.15, -0.1) is 0 Å². The first kappa shape index (κ1) is 24.7. The van der Waals surface area contributed by atoms with Crippen LogP contribution in [0.4, 0.5) is 20.6 Å². The summed E-state index contributed by atoms with van der Waals surface area (Å²) in [6.07, 6.45) is 2.87. The molecule has 2 bridgehead atoms. The number of halogens is 2. The quantitative estimate of drug-likeness (QED) is 0.430. The monoisotopic (exact) mass is 510 g/mol. The van der Waals surface area contributed by atoms with Crippen molar-refractivity contribution in [3.63, 3.8) is 0 Å². The maximum atomic E-state index is 13.8. The molecule has 11 heteroatoms. The number of rotatable bonds is 6. The number of sulfonamides is 1. The van der Waals surface area contributed by atoms with Gasteiger partial charge in [-0.05, 0) is 63.4 Å². The maximum absolute atomic E-state index is 13.8. The lowest BCUT2D eigenvalue weighted by Gasteiger charge is -2.38. The second kappa shape index (κ2) is 9.69. The molecule has 0 radical (unpaired) electrons. The van der Waals surface area contributed by atoms with Gasteiger partial charge in [0.2, 0.25) is 10.0 Å². The molecule has 2 aromatic carbocycles. The van der Waals surface area contributed by atoms with E-state index in [1.54, 1.807) is 0 Å². The maximum Gasteiger partial charge on any atom is 0.323 e. The number of nitrogens with one attached hydrogen (secondary N) is 3. The van der Waals surface area contributed by atoms with Crippen molar-refractivity contribution < 1.29 is 22.7 Å².